The first-order valence-electron chi connectivity index (χ1n) is 16.4. The molecule has 0 aromatic heterocycles. The molecule has 2 aliphatic rings. The molecule has 0 spiro atoms. The first-order chi connectivity index (χ1) is 21.7. The molecule has 1 aliphatic carbocycles. The lowest BCUT2D eigenvalue weighted by Crippen LogP contribution is -2.47. The molecule has 4 aromatic rings. The van der Waals surface area contributed by atoms with Crippen LogP contribution in [-0.2, 0) is 6.54 Å². The standard InChI is InChI=1S/C39H44FN3O/c40-38-22-21-35(29-37(38)39(44)43(34-19-11-4-12-20-34)30-31-13-5-1-6-14-31)42-27-25-41(26-28-42)24-23-36(32-15-7-2-8-16-32)33-17-9-3-10-18-33/h1-3,5-10,13-18,21-22,29,34,36H,4,11-12,19-20,23-28,30H2. The molecule has 5 heteroatoms. The number of piperazine rings is 1. The van der Waals surface area contributed by atoms with Crippen LogP contribution in [0.2, 0.25) is 0 Å². The van der Waals surface area contributed by atoms with E-state index in [1.807, 2.05) is 29.2 Å². The van der Waals surface area contributed by atoms with Gasteiger partial charge in [0.25, 0.3) is 5.91 Å². The van der Waals surface area contributed by atoms with Gasteiger partial charge >= 0.3 is 0 Å². The molecule has 1 saturated heterocycles. The molecule has 228 valence electrons. The lowest BCUT2D eigenvalue weighted by molar-refractivity contribution is 0.0609. The lowest BCUT2D eigenvalue weighted by atomic mass is 9.88. The van der Waals surface area contributed by atoms with Crippen LogP contribution >= 0.6 is 0 Å². The molecule has 1 heterocycles. The first kappa shape index (κ1) is 30.1. The summed E-state index contributed by atoms with van der Waals surface area (Å²) in [5.74, 6) is -0.255. The predicted molar refractivity (Wildman–Crippen MR) is 178 cm³/mol. The van der Waals surface area contributed by atoms with Crippen LogP contribution in [0.1, 0.15) is 71.5 Å². The number of amides is 1. The molecule has 4 aromatic carbocycles. The minimum atomic E-state index is -0.431. The number of hydrogen-bond donors (Lipinski definition) is 0. The van der Waals surface area contributed by atoms with Crippen LogP contribution in [0.4, 0.5) is 10.1 Å². The van der Waals surface area contributed by atoms with Crippen LogP contribution in [0, 0.1) is 5.82 Å². The van der Waals surface area contributed by atoms with Crippen LogP contribution in [0.5, 0.6) is 0 Å². The normalized spacial score (nSPS) is 16.3. The van der Waals surface area contributed by atoms with E-state index in [9.17, 15) is 4.79 Å². The molecule has 0 unspecified atom stereocenters. The minimum Gasteiger partial charge on any atom is -0.369 e. The van der Waals surface area contributed by atoms with Gasteiger partial charge in [-0.3, -0.25) is 9.69 Å². The average Bonchev–Trinajstić information content (AvgIpc) is 3.09. The van der Waals surface area contributed by atoms with Gasteiger partial charge in [0.05, 0.1) is 5.56 Å². The second-order valence-electron chi connectivity index (χ2n) is 12.4. The van der Waals surface area contributed by atoms with Gasteiger partial charge in [0.2, 0.25) is 0 Å². The molecule has 1 amide bonds. The van der Waals surface area contributed by atoms with Gasteiger partial charge in [-0.2, -0.15) is 0 Å². The zero-order valence-corrected chi connectivity index (χ0v) is 25.7. The molecule has 2 fully saturated rings. The highest BCUT2D eigenvalue weighted by molar-refractivity contribution is 5.95. The summed E-state index contributed by atoms with van der Waals surface area (Å²) in [5, 5.41) is 0. The van der Waals surface area contributed by atoms with E-state index in [0.717, 1.165) is 76.1 Å². The largest absolute Gasteiger partial charge is 0.369 e. The molecule has 0 atom stereocenters. The maximum absolute atomic E-state index is 15.3. The first-order valence-corrected chi connectivity index (χ1v) is 16.4. The monoisotopic (exact) mass is 589 g/mol. The van der Waals surface area contributed by atoms with Crippen molar-refractivity contribution in [2.45, 2.75) is 57.0 Å². The van der Waals surface area contributed by atoms with Gasteiger partial charge in [-0.05, 0) is 60.7 Å². The second kappa shape index (κ2) is 14.7. The number of hydrogen-bond acceptors (Lipinski definition) is 3. The average molecular weight is 590 g/mol. The van der Waals surface area contributed by atoms with Gasteiger partial charge in [-0.25, -0.2) is 4.39 Å². The van der Waals surface area contributed by atoms with Crippen LogP contribution in [0.15, 0.2) is 109 Å². The zero-order valence-electron chi connectivity index (χ0n) is 25.7. The third-order valence-electron chi connectivity index (χ3n) is 9.53. The van der Waals surface area contributed by atoms with E-state index in [4.69, 9.17) is 0 Å². The summed E-state index contributed by atoms with van der Waals surface area (Å²) in [6.45, 7) is 5.14. The SMILES string of the molecule is O=C(c1cc(N2CCN(CCC(c3ccccc3)c3ccccc3)CC2)ccc1F)N(Cc1ccccc1)C1CCCCC1. The van der Waals surface area contributed by atoms with Gasteiger partial charge in [-0.1, -0.05) is 110 Å². The molecule has 0 N–H and O–H groups in total. The number of carbonyl (C=O) groups is 1. The third kappa shape index (κ3) is 7.39. The summed E-state index contributed by atoms with van der Waals surface area (Å²) in [7, 11) is 0. The van der Waals surface area contributed by atoms with E-state index >= 15 is 4.39 Å². The van der Waals surface area contributed by atoms with Crippen molar-refractivity contribution < 1.29 is 9.18 Å². The Morgan fingerprint density at radius 2 is 1.34 bits per heavy atom. The Balaban J connectivity index is 1.12. The van der Waals surface area contributed by atoms with Gasteiger partial charge < -0.3 is 9.80 Å². The summed E-state index contributed by atoms with van der Waals surface area (Å²) in [6.07, 6.45) is 6.47. The Kier molecular flexibility index (Phi) is 10.0. The van der Waals surface area contributed by atoms with Gasteiger partial charge in [-0.15, -0.1) is 0 Å². The molecule has 0 radical (unpaired) electrons. The molecular weight excluding hydrogens is 545 g/mol. The summed E-state index contributed by atoms with van der Waals surface area (Å²) in [6, 6.07) is 37.0. The van der Waals surface area contributed by atoms with Crippen molar-refractivity contribution in [3.63, 3.8) is 0 Å². The van der Waals surface area contributed by atoms with Crippen LogP contribution < -0.4 is 4.90 Å². The Morgan fingerprint density at radius 1 is 0.750 bits per heavy atom. The Hall–Kier alpha value is -3.96. The number of rotatable bonds is 10. The number of halogens is 1. The van der Waals surface area contributed by atoms with Crippen molar-refractivity contribution in [3.05, 3.63) is 137 Å². The number of benzene rings is 4. The van der Waals surface area contributed by atoms with Crippen molar-refractivity contribution in [2.75, 3.05) is 37.6 Å². The van der Waals surface area contributed by atoms with Crippen LogP contribution in [0.3, 0.4) is 0 Å². The van der Waals surface area contributed by atoms with Crippen molar-refractivity contribution >= 4 is 11.6 Å². The van der Waals surface area contributed by atoms with Gasteiger partial charge in [0.15, 0.2) is 0 Å². The number of nitrogens with zero attached hydrogens (tertiary/aromatic N) is 3. The van der Waals surface area contributed by atoms with E-state index in [-0.39, 0.29) is 17.5 Å². The fourth-order valence-electron chi connectivity index (χ4n) is 7.01. The van der Waals surface area contributed by atoms with E-state index in [2.05, 4.69) is 82.6 Å². The van der Waals surface area contributed by atoms with Crippen molar-refractivity contribution in [2.24, 2.45) is 0 Å². The van der Waals surface area contributed by atoms with E-state index < -0.39 is 5.82 Å². The van der Waals surface area contributed by atoms with E-state index in [0.29, 0.717) is 12.5 Å². The summed E-state index contributed by atoms with van der Waals surface area (Å²) in [4.78, 5) is 20.8. The third-order valence-corrected chi connectivity index (χ3v) is 9.53. The zero-order chi connectivity index (χ0) is 30.1. The van der Waals surface area contributed by atoms with Gasteiger partial charge in [0.1, 0.15) is 5.82 Å². The fourth-order valence-corrected chi connectivity index (χ4v) is 7.01. The molecule has 6 rings (SSSR count). The smallest absolute Gasteiger partial charge is 0.257 e. The summed E-state index contributed by atoms with van der Waals surface area (Å²) >= 11 is 0. The van der Waals surface area contributed by atoms with E-state index in [1.165, 1.54) is 23.6 Å². The quantitative estimate of drug-likeness (QED) is 0.187. The Labute approximate surface area is 262 Å². The van der Waals surface area contributed by atoms with Crippen LogP contribution in [0.25, 0.3) is 0 Å². The molecule has 1 aliphatic heterocycles. The Morgan fingerprint density at radius 3 is 1.95 bits per heavy atom. The molecular formula is C39H44FN3O. The maximum Gasteiger partial charge on any atom is 0.257 e. The highest BCUT2D eigenvalue weighted by atomic mass is 19.1. The highest BCUT2D eigenvalue weighted by Gasteiger charge is 2.29. The molecule has 4 nitrogen and oxygen atoms in total. The lowest BCUT2D eigenvalue weighted by Gasteiger charge is -2.37. The molecule has 0 bridgehead atoms. The number of anilines is 1. The van der Waals surface area contributed by atoms with Crippen LogP contribution in [-0.4, -0.2) is 54.5 Å². The molecule has 1 saturated carbocycles. The predicted octanol–water partition coefficient (Wildman–Crippen LogP) is 8.15. The minimum absolute atomic E-state index is 0.152. The van der Waals surface area contributed by atoms with E-state index in [1.54, 1.807) is 6.07 Å². The number of carbonyl (C=O) groups excluding carboxylic acids is 1. The topological polar surface area (TPSA) is 26.8 Å². The fraction of sp³-hybridized carbons (Fsp3) is 0.359. The maximum atomic E-state index is 15.3. The molecule has 44 heavy (non-hydrogen) atoms. The highest BCUT2D eigenvalue weighted by Crippen LogP contribution is 2.30. The second-order valence-corrected chi connectivity index (χ2v) is 12.4. The Bertz CT molecular complexity index is 1430. The van der Waals surface area contributed by atoms with Crippen molar-refractivity contribution in [3.8, 4) is 0 Å². The summed E-state index contributed by atoms with van der Waals surface area (Å²) in [5.41, 5.74) is 4.93. The van der Waals surface area contributed by atoms with Crippen molar-refractivity contribution in [1.82, 2.24) is 9.80 Å². The van der Waals surface area contributed by atoms with Gasteiger partial charge in [0, 0.05) is 50.4 Å². The summed E-state index contributed by atoms with van der Waals surface area (Å²) < 4.78 is 15.3. The van der Waals surface area contributed by atoms with Crippen molar-refractivity contribution in [1.29, 1.82) is 0 Å².